The summed E-state index contributed by atoms with van der Waals surface area (Å²) in [4.78, 5) is 31.0. The van der Waals surface area contributed by atoms with E-state index in [1.165, 1.54) is 4.90 Å². The first-order valence-corrected chi connectivity index (χ1v) is 9.57. The molecule has 1 saturated carbocycles. The molecule has 4 rings (SSSR count). The van der Waals surface area contributed by atoms with Crippen LogP contribution in [0.4, 0.5) is 0 Å². The van der Waals surface area contributed by atoms with Crippen LogP contribution in [-0.2, 0) is 11.2 Å². The van der Waals surface area contributed by atoms with Gasteiger partial charge in [0, 0.05) is 18.2 Å². The number of pyridine rings is 1. The summed E-state index contributed by atoms with van der Waals surface area (Å²) in [6.07, 6.45) is 3.94. The van der Waals surface area contributed by atoms with E-state index in [9.17, 15) is 14.7 Å². The van der Waals surface area contributed by atoms with Crippen molar-refractivity contribution in [1.82, 2.24) is 15.0 Å². The zero-order valence-corrected chi connectivity index (χ0v) is 16.0. The minimum Gasteiger partial charge on any atom is -0.480 e. The summed E-state index contributed by atoms with van der Waals surface area (Å²) in [5, 5.41) is 14.3. The highest BCUT2D eigenvalue weighted by molar-refractivity contribution is 6.07. The average Bonchev–Trinajstić information content (AvgIpc) is 3.18. The Hall–Kier alpha value is -2.44. The van der Waals surface area contributed by atoms with E-state index in [0.29, 0.717) is 54.1 Å². The number of fused-ring (bicyclic) bond motifs is 1. The number of likely N-dealkylation sites (tertiary alicyclic amines) is 1. The molecule has 0 unspecified atom stereocenters. The lowest BCUT2D eigenvalue weighted by Gasteiger charge is -2.22. The number of hydrogen-bond donors (Lipinski definition) is 1. The van der Waals surface area contributed by atoms with E-state index in [0.717, 1.165) is 18.5 Å². The number of nitrogens with zero attached hydrogens (tertiary/aromatic N) is 3. The van der Waals surface area contributed by atoms with Gasteiger partial charge in [0.05, 0.1) is 16.6 Å². The standard InChI is InChI=1S/C20H25N3O4/c1-20(2,3)10-14-16-12(18(24)23-8-4-5-15(23)19(25)26)9-13(11-6-7-11)21-17(16)27-22-14/h9,11,15H,4-8,10H2,1-3H3,(H,25,26)/t15-/m0/s1. The van der Waals surface area contributed by atoms with Gasteiger partial charge >= 0.3 is 5.97 Å². The molecule has 7 nitrogen and oxygen atoms in total. The maximum absolute atomic E-state index is 13.4. The predicted molar refractivity (Wildman–Crippen MR) is 98.6 cm³/mol. The molecule has 1 atom stereocenters. The van der Waals surface area contributed by atoms with Gasteiger partial charge < -0.3 is 14.5 Å². The maximum atomic E-state index is 13.4. The first-order valence-electron chi connectivity index (χ1n) is 9.57. The molecule has 2 aliphatic rings. The normalized spacial score (nSPS) is 20.4. The van der Waals surface area contributed by atoms with Crippen molar-refractivity contribution in [2.75, 3.05) is 6.54 Å². The van der Waals surface area contributed by atoms with Crippen molar-refractivity contribution in [3.05, 3.63) is 23.0 Å². The Morgan fingerprint density at radius 3 is 2.67 bits per heavy atom. The molecule has 1 N–H and O–H groups in total. The Bertz CT molecular complexity index is 908. The highest BCUT2D eigenvalue weighted by Gasteiger charge is 2.37. The van der Waals surface area contributed by atoms with Crippen LogP contribution < -0.4 is 0 Å². The second-order valence-electron chi connectivity index (χ2n) is 8.91. The molecule has 7 heteroatoms. The molecule has 1 aliphatic carbocycles. The number of carbonyl (C=O) groups is 2. The second-order valence-corrected chi connectivity index (χ2v) is 8.91. The van der Waals surface area contributed by atoms with Crippen LogP contribution in [0.3, 0.4) is 0 Å². The van der Waals surface area contributed by atoms with Crippen LogP contribution in [0.2, 0.25) is 0 Å². The Morgan fingerprint density at radius 1 is 1.30 bits per heavy atom. The number of aliphatic carboxylic acids is 1. The lowest BCUT2D eigenvalue weighted by molar-refractivity contribution is -0.141. The van der Waals surface area contributed by atoms with Crippen LogP contribution >= 0.6 is 0 Å². The van der Waals surface area contributed by atoms with Gasteiger partial charge in [-0.15, -0.1) is 0 Å². The number of carbonyl (C=O) groups excluding carboxylic acids is 1. The number of rotatable bonds is 4. The number of amides is 1. The number of carboxylic acid groups (broad SMARTS) is 1. The molecule has 2 fully saturated rings. The monoisotopic (exact) mass is 371 g/mol. The summed E-state index contributed by atoms with van der Waals surface area (Å²) in [7, 11) is 0. The highest BCUT2D eigenvalue weighted by atomic mass is 16.5. The van der Waals surface area contributed by atoms with Crippen molar-refractivity contribution in [3.8, 4) is 0 Å². The quantitative estimate of drug-likeness (QED) is 0.885. The van der Waals surface area contributed by atoms with E-state index in [1.807, 2.05) is 6.07 Å². The number of aromatic nitrogens is 2. The summed E-state index contributed by atoms with van der Waals surface area (Å²) in [5.74, 6) is -0.854. The molecular formula is C20H25N3O4. The summed E-state index contributed by atoms with van der Waals surface area (Å²) < 4.78 is 5.49. The molecule has 1 amide bonds. The van der Waals surface area contributed by atoms with Crippen molar-refractivity contribution < 1.29 is 19.2 Å². The molecule has 1 aliphatic heterocycles. The van der Waals surface area contributed by atoms with E-state index in [1.54, 1.807) is 0 Å². The SMILES string of the molecule is CC(C)(C)Cc1noc2nc(C3CC3)cc(C(=O)N3CCC[C@H]3C(=O)O)c12. The van der Waals surface area contributed by atoms with Gasteiger partial charge in [0.25, 0.3) is 11.6 Å². The Kier molecular flexibility index (Phi) is 4.20. The van der Waals surface area contributed by atoms with Crippen LogP contribution in [0.1, 0.15) is 74.1 Å². The molecule has 0 spiro atoms. The summed E-state index contributed by atoms with van der Waals surface area (Å²) in [6, 6.07) is 1.07. The first-order chi connectivity index (χ1) is 12.7. The zero-order valence-electron chi connectivity index (χ0n) is 16.0. The van der Waals surface area contributed by atoms with Gasteiger partial charge in [0.1, 0.15) is 6.04 Å². The molecular weight excluding hydrogens is 346 g/mol. The van der Waals surface area contributed by atoms with Crippen molar-refractivity contribution in [3.63, 3.8) is 0 Å². The third-order valence-electron chi connectivity index (χ3n) is 5.26. The maximum Gasteiger partial charge on any atom is 0.326 e. The molecule has 0 bridgehead atoms. The van der Waals surface area contributed by atoms with E-state index in [4.69, 9.17) is 4.52 Å². The zero-order chi connectivity index (χ0) is 19.3. The topological polar surface area (TPSA) is 96.5 Å². The molecule has 2 aromatic heterocycles. The fourth-order valence-electron chi connectivity index (χ4n) is 3.83. The minimum absolute atomic E-state index is 0.0312. The van der Waals surface area contributed by atoms with Crippen LogP contribution in [0, 0.1) is 5.41 Å². The Morgan fingerprint density at radius 2 is 2.04 bits per heavy atom. The van der Waals surface area contributed by atoms with Gasteiger partial charge in [-0.1, -0.05) is 25.9 Å². The van der Waals surface area contributed by atoms with Crippen molar-refractivity contribution in [2.24, 2.45) is 5.41 Å². The van der Waals surface area contributed by atoms with E-state index in [2.05, 4.69) is 30.9 Å². The van der Waals surface area contributed by atoms with Gasteiger partial charge in [0.15, 0.2) is 0 Å². The third-order valence-corrected chi connectivity index (χ3v) is 5.26. The molecule has 1 saturated heterocycles. The predicted octanol–water partition coefficient (Wildman–Crippen LogP) is 3.38. The van der Waals surface area contributed by atoms with Gasteiger partial charge in [-0.2, -0.15) is 0 Å². The van der Waals surface area contributed by atoms with Crippen molar-refractivity contribution in [1.29, 1.82) is 0 Å². The number of hydrogen-bond acceptors (Lipinski definition) is 5. The van der Waals surface area contributed by atoms with Gasteiger partial charge in [-0.25, -0.2) is 9.78 Å². The fraction of sp³-hybridized carbons (Fsp3) is 0.600. The summed E-state index contributed by atoms with van der Waals surface area (Å²) >= 11 is 0. The largest absolute Gasteiger partial charge is 0.480 e. The molecule has 0 radical (unpaired) electrons. The Balaban J connectivity index is 1.82. The summed E-state index contributed by atoms with van der Waals surface area (Å²) in [5.41, 5.74) is 2.39. The van der Waals surface area contributed by atoms with Gasteiger partial charge in [0.2, 0.25) is 0 Å². The fourth-order valence-corrected chi connectivity index (χ4v) is 3.83. The van der Waals surface area contributed by atoms with Gasteiger partial charge in [-0.3, -0.25) is 4.79 Å². The van der Waals surface area contributed by atoms with Crippen molar-refractivity contribution in [2.45, 2.75) is 64.8 Å². The van der Waals surface area contributed by atoms with Crippen LogP contribution in [0.15, 0.2) is 10.6 Å². The number of carboxylic acids is 1. The third kappa shape index (κ3) is 3.42. The highest BCUT2D eigenvalue weighted by Crippen LogP contribution is 2.41. The Labute approximate surface area is 157 Å². The molecule has 3 heterocycles. The van der Waals surface area contributed by atoms with E-state index < -0.39 is 12.0 Å². The lowest BCUT2D eigenvalue weighted by atomic mass is 9.89. The van der Waals surface area contributed by atoms with Crippen LogP contribution in [-0.4, -0.2) is 44.6 Å². The first kappa shape index (κ1) is 17.9. The lowest BCUT2D eigenvalue weighted by Crippen LogP contribution is -2.40. The molecule has 0 aromatic carbocycles. The minimum atomic E-state index is -0.950. The molecule has 27 heavy (non-hydrogen) atoms. The average molecular weight is 371 g/mol. The van der Waals surface area contributed by atoms with E-state index in [-0.39, 0.29) is 11.3 Å². The molecule has 144 valence electrons. The van der Waals surface area contributed by atoms with E-state index >= 15 is 0 Å². The van der Waals surface area contributed by atoms with Crippen LogP contribution in [0.25, 0.3) is 11.1 Å². The van der Waals surface area contributed by atoms with Crippen molar-refractivity contribution >= 4 is 23.0 Å². The second kappa shape index (κ2) is 6.32. The van der Waals surface area contributed by atoms with Crippen LogP contribution in [0.5, 0.6) is 0 Å². The summed E-state index contributed by atoms with van der Waals surface area (Å²) in [6.45, 7) is 6.75. The molecule has 2 aromatic rings. The smallest absolute Gasteiger partial charge is 0.326 e. The van der Waals surface area contributed by atoms with Gasteiger partial charge in [-0.05, 0) is 43.6 Å².